The Morgan fingerprint density at radius 3 is 2.94 bits per heavy atom. The van der Waals surface area contributed by atoms with Crippen molar-refractivity contribution in [2.75, 3.05) is 18.5 Å². The first-order valence-corrected chi connectivity index (χ1v) is 5.60. The Hall–Kier alpha value is -1.61. The number of nitrogens with zero attached hydrogens (tertiary/aromatic N) is 1. The van der Waals surface area contributed by atoms with Crippen molar-refractivity contribution in [3.05, 3.63) is 36.5 Å². The Labute approximate surface area is 95.1 Å². The number of rotatable bonds is 5. The normalized spacial score (nSPS) is 10.6. The van der Waals surface area contributed by atoms with Crippen molar-refractivity contribution >= 4 is 16.6 Å². The quantitative estimate of drug-likeness (QED) is 0.754. The molecule has 0 aliphatic heterocycles. The van der Waals surface area contributed by atoms with E-state index in [0.29, 0.717) is 0 Å². The lowest BCUT2D eigenvalue weighted by Gasteiger charge is -2.08. The summed E-state index contributed by atoms with van der Waals surface area (Å²) in [7, 11) is 0. The van der Waals surface area contributed by atoms with Gasteiger partial charge in [-0.1, -0.05) is 6.07 Å². The Kier molecular flexibility index (Phi) is 3.72. The fourth-order valence-corrected chi connectivity index (χ4v) is 1.72. The van der Waals surface area contributed by atoms with Crippen molar-refractivity contribution in [3.8, 4) is 0 Å². The molecular weight excluding hydrogens is 200 g/mol. The molecule has 84 valence electrons. The molecule has 1 aromatic heterocycles. The number of unbranched alkanes of at least 4 members (excludes halogenated alkanes) is 1. The molecule has 3 nitrogen and oxygen atoms in total. The van der Waals surface area contributed by atoms with E-state index < -0.39 is 0 Å². The third-order valence-electron chi connectivity index (χ3n) is 2.55. The summed E-state index contributed by atoms with van der Waals surface area (Å²) in [6.07, 6.45) is 3.63. The van der Waals surface area contributed by atoms with E-state index in [1.165, 1.54) is 0 Å². The highest BCUT2D eigenvalue weighted by Gasteiger charge is 1.99. The zero-order valence-electron chi connectivity index (χ0n) is 9.19. The van der Waals surface area contributed by atoms with E-state index in [1.54, 1.807) is 6.20 Å². The van der Waals surface area contributed by atoms with Crippen LogP contribution in [-0.2, 0) is 0 Å². The van der Waals surface area contributed by atoms with Crippen LogP contribution in [0.25, 0.3) is 10.9 Å². The van der Waals surface area contributed by atoms with Gasteiger partial charge < -0.3 is 10.4 Å². The van der Waals surface area contributed by atoms with Crippen LogP contribution < -0.4 is 5.32 Å². The van der Waals surface area contributed by atoms with Gasteiger partial charge in [0, 0.05) is 30.4 Å². The second-order valence-corrected chi connectivity index (χ2v) is 3.73. The van der Waals surface area contributed by atoms with Gasteiger partial charge in [-0.3, -0.25) is 4.98 Å². The molecule has 1 heterocycles. The van der Waals surface area contributed by atoms with Gasteiger partial charge >= 0.3 is 0 Å². The SMILES string of the molecule is OCCCCNc1cccc2ncccc12. The largest absolute Gasteiger partial charge is 0.396 e. The van der Waals surface area contributed by atoms with Gasteiger partial charge in [0.25, 0.3) is 0 Å². The minimum absolute atomic E-state index is 0.263. The Balaban J connectivity index is 2.11. The number of hydrogen-bond donors (Lipinski definition) is 2. The predicted octanol–water partition coefficient (Wildman–Crippen LogP) is 2.42. The topological polar surface area (TPSA) is 45.1 Å². The molecule has 0 spiro atoms. The molecule has 0 atom stereocenters. The van der Waals surface area contributed by atoms with Crippen LogP contribution in [0, 0.1) is 0 Å². The molecule has 3 heteroatoms. The fraction of sp³-hybridized carbons (Fsp3) is 0.308. The first-order chi connectivity index (χ1) is 7.92. The molecule has 0 aliphatic carbocycles. The van der Waals surface area contributed by atoms with Gasteiger partial charge in [-0.2, -0.15) is 0 Å². The van der Waals surface area contributed by atoms with E-state index in [1.807, 2.05) is 18.2 Å². The third-order valence-corrected chi connectivity index (χ3v) is 2.55. The van der Waals surface area contributed by atoms with Gasteiger partial charge in [0.15, 0.2) is 0 Å². The summed E-state index contributed by atoms with van der Waals surface area (Å²) in [4.78, 5) is 4.31. The smallest absolute Gasteiger partial charge is 0.0722 e. The average Bonchev–Trinajstić information content (AvgIpc) is 2.35. The Morgan fingerprint density at radius 1 is 1.12 bits per heavy atom. The number of nitrogens with one attached hydrogen (secondary N) is 1. The average molecular weight is 216 g/mol. The standard InChI is InChI=1S/C13H16N2O/c16-10-2-1-8-14-12-6-3-7-13-11(12)5-4-9-15-13/h3-7,9,14,16H,1-2,8,10H2. The molecule has 0 radical (unpaired) electrons. The highest BCUT2D eigenvalue weighted by molar-refractivity contribution is 5.91. The molecule has 0 amide bonds. The molecule has 2 N–H and O–H groups in total. The van der Waals surface area contributed by atoms with Gasteiger partial charge in [-0.25, -0.2) is 0 Å². The van der Waals surface area contributed by atoms with E-state index in [-0.39, 0.29) is 6.61 Å². The van der Waals surface area contributed by atoms with Crippen molar-refractivity contribution in [2.24, 2.45) is 0 Å². The lowest BCUT2D eigenvalue weighted by atomic mass is 10.2. The first-order valence-electron chi connectivity index (χ1n) is 5.60. The van der Waals surface area contributed by atoms with Gasteiger partial charge in [-0.15, -0.1) is 0 Å². The summed E-state index contributed by atoms with van der Waals surface area (Å²) in [5.74, 6) is 0. The highest BCUT2D eigenvalue weighted by Crippen LogP contribution is 2.20. The lowest BCUT2D eigenvalue weighted by molar-refractivity contribution is 0.286. The van der Waals surface area contributed by atoms with Crippen molar-refractivity contribution in [2.45, 2.75) is 12.8 Å². The Morgan fingerprint density at radius 2 is 2.06 bits per heavy atom. The molecule has 0 bridgehead atoms. The summed E-state index contributed by atoms with van der Waals surface area (Å²) in [6.45, 7) is 1.15. The minimum Gasteiger partial charge on any atom is -0.396 e. The van der Waals surface area contributed by atoms with Gasteiger partial charge in [0.05, 0.1) is 5.52 Å². The third kappa shape index (κ3) is 2.49. The second-order valence-electron chi connectivity index (χ2n) is 3.73. The van der Waals surface area contributed by atoms with Crippen molar-refractivity contribution in [1.29, 1.82) is 0 Å². The van der Waals surface area contributed by atoms with E-state index in [2.05, 4.69) is 22.4 Å². The summed E-state index contributed by atoms with van der Waals surface area (Å²) >= 11 is 0. The van der Waals surface area contributed by atoms with E-state index >= 15 is 0 Å². The molecular formula is C13H16N2O. The minimum atomic E-state index is 0.263. The zero-order chi connectivity index (χ0) is 11.2. The zero-order valence-corrected chi connectivity index (χ0v) is 9.19. The molecule has 0 unspecified atom stereocenters. The van der Waals surface area contributed by atoms with Crippen LogP contribution in [0.1, 0.15) is 12.8 Å². The molecule has 0 fully saturated rings. The van der Waals surface area contributed by atoms with E-state index in [0.717, 1.165) is 36.0 Å². The lowest BCUT2D eigenvalue weighted by Crippen LogP contribution is -2.02. The van der Waals surface area contributed by atoms with Crippen molar-refractivity contribution < 1.29 is 5.11 Å². The van der Waals surface area contributed by atoms with Crippen LogP contribution in [0.3, 0.4) is 0 Å². The number of aromatic nitrogens is 1. The number of aliphatic hydroxyl groups is 1. The second kappa shape index (κ2) is 5.47. The number of pyridine rings is 1. The van der Waals surface area contributed by atoms with Crippen LogP contribution in [0.15, 0.2) is 36.5 Å². The van der Waals surface area contributed by atoms with Gasteiger partial charge in [0.2, 0.25) is 0 Å². The number of fused-ring (bicyclic) bond motifs is 1. The summed E-state index contributed by atoms with van der Waals surface area (Å²) in [5, 5.41) is 13.2. The maximum absolute atomic E-state index is 8.70. The van der Waals surface area contributed by atoms with E-state index in [4.69, 9.17) is 5.11 Å². The summed E-state index contributed by atoms with van der Waals surface area (Å²) in [5.41, 5.74) is 2.12. The highest BCUT2D eigenvalue weighted by atomic mass is 16.2. The number of aliphatic hydroxyl groups excluding tert-OH is 1. The fourth-order valence-electron chi connectivity index (χ4n) is 1.72. The molecule has 16 heavy (non-hydrogen) atoms. The van der Waals surface area contributed by atoms with Crippen LogP contribution in [0.5, 0.6) is 0 Å². The summed E-state index contributed by atoms with van der Waals surface area (Å²) in [6, 6.07) is 10.1. The van der Waals surface area contributed by atoms with Crippen molar-refractivity contribution in [3.63, 3.8) is 0 Å². The monoisotopic (exact) mass is 216 g/mol. The van der Waals surface area contributed by atoms with Crippen molar-refractivity contribution in [1.82, 2.24) is 4.98 Å². The molecule has 0 aliphatic rings. The van der Waals surface area contributed by atoms with Gasteiger partial charge in [0.1, 0.15) is 0 Å². The van der Waals surface area contributed by atoms with Crippen LogP contribution in [-0.4, -0.2) is 23.2 Å². The number of anilines is 1. The maximum Gasteiger partial charge on any atom is 0.0722 e. The number of hydrogen-bond acceptors (Lipinski definition) is 3. The maximum atomic E-state index is 8.70. The van der Waals surface area contributed by atoms with E-state index in [9.17, 15) is 0 Å². The first kappa shape index (κ1) is 10.9. The summed E-state index contributed by atoms with van der Waals surface area (Å²) < 4.78 is 0. The molecule has 2 rings (SSSR count). The van der Waals surface area contributed by atoms with Crippen LogP contribution in [0.4, 0.5) is 5.69 Å². The van der Waals surface area contributed by atoms with Crippen LogP contribution in [0.2, 0.25) is 0 Å². The molecule has 0 saturated carbocycles. The molecule has 1 aromatic carbocycles. The van der Waals surface area contributed by atoms with Crippen LogP contribution >= 0.6 is 0 Å². The predicted molar refractivity (Wildman–Crippen MR) is 66.6 cm³/mol. The number of benzene rings is 1. The molecule has 0 saturated heterocycles. The molecule has 2 aromatic rings. The Bertz CT molecular complexity index is 451. The van der Waals surface area contributed by atoms with Gasteiger partial charge in [-0.05, 0) is 37.1 Å².